The average molecular weight is 338 g/mol. The second kappa shape index (κ2) is 6.58. The van der Waals surface area contributed by atoms with Crippen LogP contribution in [0.1, 0.15) is 0 Å². The molecule has 0 spiro atoms. The number of fused-ring (bicyclic) bond motifs is 1. The molecular formula is C15H12F2N2OS2. The first-order valence-electron chi connectivity index (χ1n) is 6.54. The maximum Gasteiger partial charge on any atom is 0.166 e. The minimum absolute atomic E-state index is 0.380. The molecule has 1 unspecified atom stereocenters. The quantitative estimate of drug-likeness (QED) is 0.721. The second-order valence-electron chi connectivity index (χ2n) is 4.54. The first-order chi connectivity index (χ1) is 10.6. The van der Waals surface area contributed by atoms with Gasteiger partial charge in [0.15, 0.2) is 16.8 Å². The van der Waals surface area contributed by atoms with Gasteiger partial charge in [0.25, 0.3) is 0 Å². The molecule has 1 atom stereocenters. The molecule has 1 aromatic heterocycles. The molecule has 22 heavy (non-hydrogen) atoms. The fourth-order valence-corrected chi connectivity index (χ4v) is 4.13. The summed E-state index contributed by atoms with van der Waals surface area (Å²) in [5.74, 6) is -0.751. The summed E-state index contributed by atoms with van der Waals surface area (Å²) in [5.41, 5.74) is 0.830. The fraction of sp³-hybridized carbons (Fsp3) is 0.133. The lowest BCUT2D eigenvalue weighted by Gasteiger charge is -2.00. The van der Waals surface area contributed by atoms with Crippen LogP contribution >= 0.6 is 11.8 Å². The Morgan fingerprint density at radius 3 is 2.64 bits per heavy atom. The molecule has 0 aliphatic heterocycles. The highest BCUT2D eigenvalue weighted by Crippen LogP contribution is 2.22. The van der Waals surface area contributed by atoms with E-state index < -0.39 is 22.4 Å². The van der Waals surface area contributed by atoms with Crippen LogP contribution in [0.2, 0.25) is 0 Å². The van der Waals surface area contributed by atoms with E-state index in [-0.39, 0.29) is 0 Å². The van der Waals surface area contributed by atoms with Crippen molar-refractivity contribution in [1.82, 2.24) is 9.97 Å². The van der Waals surface area contributed by atoms with Crippen molar-refractivity contribution < 1.29 is 13.0 Å². The number of nitrogens with zero attached hydrogens (tertiary/aromatic N) is 1. The standard InChI is InChI=1S/C15H12F2N2OS2/c16-11-8-13-14(9-12(11)17)19-15(18-13)21-6-7-22(20)10-4-2-1-3-5-10/h1-5,8-9H,6-7H2,(H,18,19). The summed E-state index contributed by atoms with van der Waals surface area (Å²) in [7, 11) is -1.06. The maximum absolute atomic E-state index is 13.1. The molecule has 1 heterocycles. The minimum atomic E-state index is -1.06. The molecule has 0 amide bonds. The molecular weight excluding hydrogens is 326 g/mol. The van der Waals surface area contributed by atoms with E-state index in [2.05, 4.69) is 9.97 Å². The Morgan fingerprint density at radius 2 is 1.86 bits per heavy atom. The molecule has 0 radical (unpaired) electrons. The van der Waals surface area contributed by atoms with Gasteiger partial charge in [0, 0.05) is 28.5 Å². The fourth-order valence-electron chi connectivity index (χ4n) is 1.95. The van der Waals surface area contributed by atoms with Crippen molar-refractivity contribution in [1.29, 1.82) is 0 Å². The van der Waals surface area contributed by atoms with Crippen molar-refractivity contribution in [2.45, 2.75) is 10.1 Å². The lowest BCUT2D eigenvalue weighted by atomic mass is 10.3. The van der Waals surface area contributed by atoms with Gasteiger partial charge >= 0.3 is 0 Å². The van der Waals surface area contributed by atoms with Crippen LogP contribution < -0.4 is 0 Å². The number of rotatable bonds is 5. The third-order valence-corrected chi connectivity index (χ3v) is 5.52. The lowest BCUT2D eigenvalue weighted by molar-refractivity contribution is 0.510. The summed E-state index contributed by atoms with van der Waals surface area (Å²) >= 11 is 1.38. The number of benzene rings is 2. The van der Waals surface area contributed by atoms with Gasteiger partial charge in [-0.25, -0.2) is 13.8 Å². The van der Waals surface area contributed by atoms with Gasteiger partial charge in [-0.05, 0) is 12.1 Å². The molecule has 0 fully saturated rings. The topological polar surface area (TPSA) is 45.8 Å². The van der Waals surface area contributed by atoms with Crippen LogP contribution in [-0.2, 0) is 10.8 Å². The highest BCUT2D eigenvalue weighted by atomic mass is 32.2. The first kappa shape index (κ1) is 15.2. The predicted octanol–water partition coefficient (Wildman–Crippen LogP) is 3.74. The summed E-state index contributed by atoms with van der Waals surface area (Å²) in [6, 6.07) is 11.4. The van der Waals surface area contributed by atoms with Gasteiger partial charge in [-0.3, -0.25) is 4.21 Å². The van der Waals surface area contributed by atoms with E-state index in [1.165, 1.54) is 11.8 Å². The Labute approximate surface area is 132 Å². The molecule has 3 aromatic rings. The molecule has 114 valence electrons. The number of imidazole rings is 1. The Hall–Kier alpha value is -1.73. The van der Waals surface area contributed by atoms with Crippen LogP contribution in [0.3, 0.4) is 0 Å². The SMILES string of the molecule is O=S(CCSc1nc2cc(F)c(F)cc2[nH]1)c1ccccc1. The number of halogens is 2. The van der Waals surface area contributed by atoms with Crippen molar-refractivity contribution in [3.63, 3.8) is 0 Å². The molecule has 0 bridgehead atoms. The van der Waals surface area contributed by atoms with Crippen LogP contribution in [0.25, 0.3) is 11.0 Å². The number of aromatic nitrogens is 2. The zero-order chi connectivity index (χ0) is 15.5. The summed E-state index contributed by atoms with van der Waals surface area (Å²) in [4.78, 5) is 7.90. The average Bonchev–Trinajstić information content (AvgIpc) is 2.90. The number of hydrogen-bond donors (Lipinski definition) is 1. The van der Waals surface area contributed by atoms with Crippen molar-refractivity contribution in [3.05, 3.63) is 54.1 Å². The summed E-state index contributed by atoms with van der Waals surface area (Å²) < 4.78 is 38.3. The van der Waals surface area contributed by atoms with E-state index >= 15 is 0 Å². The Bertz CT molecular complexity index is 782. The summed E-state index contributed by atoms with van der Waals surface area (Å²) in [6.45, 7) is 0. The van der Waals surface area contributed by atoms with E-state index in [0.717, 1.165) is 17.0 Å². The molecule has 7 heteroatoms. The monoisotopic (exact) mass is 338 g/mol. The molecule has 0 saturated heterocycles. The molecule has 1 N–H and O–H groups in total. The minimum Gasteiger partial charge on any atom is -0.333 e. The van der Waals surface area contributed by atoms with Gasteiger partial charge in [-0.1, -0.05) is 30.0 Å². The molecule has 0 saturated carbocycles. The number of hydrogen-bond acceptors (Lipinski definition) is 3. The number of aromatic amines is 1. The van der Waals surface area contributed by atoms with Gasteiger partial charge in [0.2, 0.25) is 0 Å². The molecule has 3 nitrogen and oxygen atoms in total. The zero-order valence-electron chi connectivity index (χ0n) is 11.4. The van der Waals surface area contributed by atoms with E-state index in [1.54, 1.807) is 0 Å². The van der Waals surface area contributed by atoms with Crippen molar-refractivity contribution in [2.75, 3.05) is 11.5 Å². The van der Waals surface area contributed by atoms with Gasteiger partial charge in [-0.2, -0.15) is 0 Å². The predicted molar refractivity (Wildman–Crippen MR) is 84.5 cm³/mol. The van der Waals surface area contributed by atoms with Gasteiger partial charge in [-0.15, -0.1) is 0 Å². The van der Waals surface area contributed by atoms with Crippen LogP contribution in [0, 0.1) is 11.6 Å². The third-order valence-electron chi connectivity index (χ3n) is 3.02. The van der Waals surface area contributed by atoms with Crippen LogP contribution in [0.15, 0.2) is 52.5 Å². The lowest BCUT2D eigenvalue weighted by Crippen LogP contribution is -2.00. The highest BCUT2D eigenvalue weighted by Gasteiger charge is 2.10. The number of thioether (sulfide) groups is 1. The molecule has 0 aliphatic rings. The van der Waals surface area contributed by atoms with Crippen molar-refractivity contribution in [2.24, 2.45) is 0 Å². The Kier molecular flexibility index (Phi) is 4.54. The van der Waals surface area contributed by atoms with Gasteiger partial charge < -0.3 is 4.98 Å². The van der Waals surface area contributed by atoms with Gasteiger partial charge in [0.1, 0.15) is 0 Å². The maximum atomic E-state index is 13.1. The van der Waals surface area contributed by atoms with Crippen LogP contribution in [0.5, 0.6) is 0 Å². The van der Waals surface area contributed by atoms with E-state index in [4.69, 9.17) is 0 Å². The Morgan fingerprint density at radius 1 is 1.14 bits per heavy atom. The highest BCUT2D eigenvalue weighted by molar-refractivity contribution is 8.00. The number of nitrogens with one attached hydrogen (secondary N) is 1. The third kappa shape index (κ3) is 3.36. The largest absolute Gasteiger partial charge is 0.333 e. The Balaban J connectivity index is 1.63. The normalized spacial score (nSPS) is 12.6. The number of H-pyrrole nitrogens is 1. The molecule has 0 aliphatic carbocycles. The molecule has 3 rings (SSSR count). The molecule has 2 aromatic carbocycles. The van der Waals surface area contributed by atoms with E-state index in [0.29, 0.717) is 27.7 Å². The zero-order valence-corrected chi connectivity index (χ0v) is 13.0. The van der Waals surface area contributed by atoms with Crippen molar-refractivity contribution in [3.8, 4) is 0 Å². The van der Waals surface area contributed by atoms with Gasteiger partial charge in [0.05, 0.1) is 21.8 Å². The summed E-state index contributed by atoms with van der Waals surface area (Å²) in [5, 5.41) is 0.560. The van der Waals surface area contributed by atoms with Crippen molar-refractivity contribution >= 4 is 33.6 Å². The van der Waals surface area contributed by atoms with Crippen LogP contribution in [-0.4, -0.2) is 25.7 Å². The van der Waals surface area contributed by atoms with Crippen LogP contribution in [0.4, 0.5) is 8.78 Å². The first-order valence-corrected chi connectivity index (χ1v) is 8.85. The van der Waals surface area contributed by atoms with E-state index in [1.807, 2.05) is 30.3 Å². The summed E-state index contributed by atoms with van der Waals surface area (Å²) in [6.07, 6.45) is 0. The van der Waals surface area contributed by atoms with E-state index in [9.17, 15) is 13.0 Å². The smallest absolute Gasteiger partial charge is 0.166 e. The second-order valence-corrected chi connectivity index (χ2v) is 7.19.